The van der Waals surface area contributed by atoms with Gasteiger partial charge in [0.2, 0.25) is 0 Å². The molecule has 0 aromatic heterocycles. The van der Waals surface area contributed by atoms with Gasteiger partial charge in [0, 0.05) is 39.6 Å². The normalized spacial score (nSPS) is 12.0. The van der Waals surface area contributed by atoms with Gasteiger partial charge in [0.05, 0.1) is 8.07 Å². The molecule has 0 aliphatic carbocycles. The topological polar surface area (TPSA) is 27.7 Å². The van der Waals surface area contributed by atoms with Crippen LogP contribution in [0.3, 0.4) is 0 Å². The first-order chi connectivity index (χ1) is 8.74. The minimum absolute atomic E-state index is 0.825. The molecule has 0 amide bonds. The summed E-state index contributed by atoms with van der Waals surface area (Å²) in [4.78, 5) is 0. The summed E-state index contributed by atoms with van der Waals surface area (Å²) < 4.78 is 16.7. The van der Waals surface area contributed by atoms with Gasteiger partial charge < -0.3 is 14.2 Å². The fourth-order valence-corrected chi connectivity index (χ4v) is 5.75. The lowest BCUT2D eigenvalue weighted by molar-refractivity contribution is 0.150. The van der Waals surface area contributed by atoms with Crippen LogP contribution in [0.1, 0.15) is 27.7 Å². The quantitative estimate of drug-likeness (QED) is 0.380. The van der Waals surface area contributed by atoms with Crippen LogP contribution >= 0.6 is 0 Å². The Bertz CT molecular complexity index is 150. The molecule has 0 bridgehead atoms. The van der Waals surface area contributed by atoms with Crippen LogP contribution in [0.15, 0.2) is 0 Å². The molecule has 4 heteroatoms. The highest BCUT2D eigenvalue weighted by Crippen LogP contribution is 2.26. The van der Waals surface area contributed by atoms with Crippen molar-refractivity contribution in [2.45, 2.75) is 51.9 Å². The van der Waals surface area contributed by atoms with Gasteiger partial charge in [-0.05, 0) is 38.9 Å². The van der Waals surface area contributed by atoms with Crippen LogP contribution in [0, 0.1) is 0 Å². The Balaban J connectivity index is 4.20. The van der Waals surface area contributed by atoms with Crippen molar-refractivity contribution in [3.05, 3.63) is 0 Å². The van der Waals surface area contributed by atoms with E-state index < -0.39 is 8.07 Å². The van der Waals surface area contributed by atoms with Gasteiger partial charge in [0.1, 0.15) is 0 Å². The molecular weight excluding hydrogens is 244 g/mol. The molecule has 0 spiro atoms. The second-order valence-corrected chi connectivity index (χ2v) is 9.90. The van der Waals surface area contributed by atoms with Gasteiger partial charge in [-0.15, -0.1) is 0 Å². The summed E-state index contributed by atoms with van der Waals surface area (Å²) >= 11 is 0. The van der Waals surface area contributed by atoms with Gasteiger partial charge in [-0.1, -0.05) is 13.0 Å². The molecule has 0 aliphatic heterocycles. The average molecular weight is 276 g/mol. The Kier molecular flexibility index (Phi) is 12.2. The van der Waals surface area contributed by atoms with E-state index in [1.54, 1.807) is 0 Å². The monoisotopic (exact) mass is 276 g/mol. The predicted octanol–water partition coefficient (Wildman–Crippen LogP) is 3.56. The van der Waals surface area contributed by atoms with Crippen molar-refractivity contribution < 1.29 is 14.2 Å². The van der Waals surface area contributed by atoms with E-state index in [0.717, 1.165) is 39.6 Å². The molecular formula is C14H32O3Si. The van der Waals surface area contributed by atoms with Crippen LogP contribution < -0.4 is 0 Å². The molecule has 110 valence electrons. The van der Waals surface area contributed by atoms with Gasteiger partial charge in [-0.2, -0.15) is 0 Å². The zero-order valence-corrected chi connectivity index (χ0v) is 13.8. The van der Waals surface area contributed by atoms with Crippen LogP contribution in [0.25, 0.3) is 0 Å². The lowest BCUT2D eigenvalue weighted by atomic mass is 10.8. The zero-order valence-electron chi connectivity index (χ0n) is 12.8. The van der Waals surface area contributed by atoms with Gasteiger partial charge >= 0.3 is 0 Å². The van der Waals surface area contributed by atoms with Crippen LogP contribution in [0.5, 0.6) is 0 Å². The number of hydrogen-bond acceptors (Lipinski definition) is 3. The predicted molar refractivity (Wildman–Crippen MR) is 80.1 cm³/mol. The Morgan fingerprint density at radius 2 is 0.944 bits per heavy atom. The lowest BCUT2D eigenvalue weighted by Gasteiger charge is -2.30. The summed E-state index contributed by atoms with van der Waals surface area (Å²) in [6.07, 6.45) is 0. The number of rotatable bonds is 13. The van der Waals surface area contributed by atoms with Crippen LogP contribution in [-0.2, 0) is 14.2 Å². The average Bonchev–Trinajstić information content (AvgIpc) is 2.39. The molecule has 0 rings (SSSR count). The molecule has 0 aliphatic rings. The first kappa shape index (κ1) is 18.1. The maximum absolute atomic E-state index is 5.56. The van der Waals surface area contributed by atoms with Crippen molar-refractivity contribution in [1.82, 2.24) is 0 Å². The second-order valence-electron chi connectivity index (χ2n) is 4.69. The third-order valence-electron chi connectivity index (χ3n) is 3.69. The highest BCUT2D eigenvalue weighted by atomic mass is 28.3. The van der Waals surface area contributed by atoms with Crippen LogP contribution in [0.2, 0.25) is 24.2 Å². The van der Waals surface area contributed by atoms with Crippen molar-refractivity contribution in [3.63, 3.8) is 0 Å². The van der Waals surface area contributed by atoms with E-state index in [1.165, 1.54) is 24.2 Å². The van der Waals surface area contributed by atoms with E-state index in [9.17, 15) is 0 Å². The smallest absolute Gasteiger partial charge is 0.0601 e. The van der Waals surface area contributed by atoms with Crippen LogP contribution in [-0.4, -0.2) is 47.7 Å². The molecule has 0 N–H and O–H groups in total. The standard InChI is InChI=1S/C14H32O3Si/c1-5-15-9-12-18(8-4,13-10-16-6-2)14-11-17-7-3/h5-14H2,1-4H3. The van der Waals surface area contributed by atoms with E-state index in [-0.39, 0.29) is 0 Å². The molecule has 0 radical (unpaired) electrons. The third-order valence-corrected chi connectivity index (χ3v) is 8.99. The molecule has 3 nitrogen and oxygen atoms in total. The van der Waals surface area contributed by atoms with Crippen molar-refractivity contribution in [2.75, 3.05) is 39.6 Å². The molecule has 0 aromatic carbocycles. The molecule has 0 saturated heterocycles. The Morgan fingerprint density at radius 3 is 1.17 bits per heavy atom. The number of hydrogen-bond donors (Lipinski definition) is 0. The van der Waals surface area contributed by atoms with E-state index in [2.05, 4.69) is 27.7 Å². The summed E-state index contributed by atoms with van der Waals surface area (Å²) in [5, 5.41) is 0. The lowest BCUT2D eigenvalue weighted by Crippen LogP contribution is -2.37. The SMILES string of the molecule is CCOCC[Si](CC)(CCOCC)CCOCC. The van der Waals surface area contributed by atoms with Gasteiger partial charge in [-0.25, -0.2) is 0 Å². The van der Waals surface area contributed by atoms with Crippen molar-refractivity contribution in [2.24, 2.45) is 0 Å². The zero-order chi connectivity index (χ0) is 13.7. The largest absolute Gasteiger partial charge is 0.382 e. The molecule has 0 fully saturated rings. The van der Waals surface area contributed by atoms with Gasteiger partial charge in [0.15, 0.2) is 0 Å². The van der Waals surface area contributed by atoms with E-state index in [1.807, 2.05) is 0 Å². The molecule has 18 heavy (non-hydrogen) atoms. The molecule has 0 heterocycles. The van der Waals surface area contributed by atoms with Crippen molar-refractivity contribution in [3.8, 4) is 0 Å². The molecule has 0 saturated carbocycles. The minimum Gasteiger partial charge on any atom is -0.382 e. The maximum Gasteiger partial charge on any atom is 0.0601 e. The number of ether oxygens (including phenoxy) is 3. The van der Waals surface area contributed by atoms with Crippen molar-refractivity contribution in [1.29, 1.82) is 0 Å². The van der Waals surface area contributed by atoms with E-state index in [0.29, 0.717) is 0 Å². The summed E-state index contributed by atoms with van der Waals surface area (Å²) in [6, 6.07) is 5.05. The molecule has 0 aromatic rings. The highest BCUT2D eigenvalue weighted by molar-refractivity contribution is 6.80. The fourth-order valence-electron chi connectivity index (χ4n) is 2.20. The van der Waals surface area contributed by atoms with E-state index >= 15 is 0 Å². The molecule has 0 unspecified atom stereocenters. The van der Waals surface area contributed by atoms with Gasteiger partial charge in [-0.3, -0.25) is 0 Å². The fraction of sp³-hybridized carbons (Fsp3) is 1.00. The molecule has 0 atom stereocenters. The third kappa shape index (κ3) is 8.24. The minimum atomic E-state index is -1.26. The summed E-state index contributed by atoms with van der Waals surface area (Å²) in [5.41, 5.74) is 0. The maximum atomic E-state index is 5.56. The summed E-state index contributed by atoms with van der Waals surface area (Å²) in [5.74, 6) is 0. The van der Waals surface area contributed by atoms with Crippen molar-refractivity contribution >= 4 is 8.07 Å². The second kappa shape index (κ2) is 12.1. The first-order valence-corrected chi connectivity index (χ1v) is 10.3. The Labute approximate surface area is 114 Å². The van der Waals surface area contributed by atoms with Gasteiger partial charge in [0.25, 0.3) is 0 Å². The Morgan fingerprint density at radius 1 is 0.611 bits per heavy atom. The first-order valence-electron chi connectivity index (χ1n) is 7.47. The highest BCUT2D eigenvalue weighted by Gasteiger charge is 2.29. The Hall–Kier alpha value is 0.0969. The van der Waals surface area contributed by atoms with Crippen LogP contribution in [0.4, 0.5) is 0 Å². The summed E-state index contributed by atoms with van der Waals surface area (Å²) in [7, 11) is -1.26. The van der Waals surface area contributed by atoms with E-state index in [4.69, 9.17) is 14.2 Å². The summed E-state index contributed by atoms with van der Waals surface area (Å²) in [6.45, 7) is 13.7.